The molecule has 2 heterocycles. The fourth-order valence-corrected chi connectivity index (χ4v) is 4.42. The maximum absolute atomic E-state index is 13.1. The first-order valence-electron chi connectivity index (χ1n) is 7.95. The van der Waals surface area contributed by atoms with Crippen LogP contribution in [-0.2, 0) is 9.84 Å². The second kappa shape index (κ2) is 6.42. The van der Waals surface area contributed by atoms with E-state index in [9.17, 15) is 13.2 Å². The molecule has 2 aromatic carbocycles. The lowest BCUT2D eigenvalue weighted by atomic mass is 10.0. The van der Waals surface area contributed by atoms with Crippen LogP contribution < -0.4 is 5.48 Å². The van der Waals surface area contributed by atoms with Gasteiger partial charge < -0.3 is 0 Å². The topological polar surface area (TPSA) is 109 Å². The van der Waals surface area contributed by atoms with Gasteiger partial charge in [0.15, 0.2) is 5.03 Å². The maximum Gasteiger partial charge on any atom is 0.274 e. The van der Waals surface area contributed by atoms with Crippen molar-refractivity contribution in [3.8, 4) is 0 Å². The molecule has 7 nitrogen and oxygen atoms in total. The van der Waals surface area contributed by atoms with E-state index < -0.39 is 15.7 Å². The van der Waals surface area contributed by atoms with E-state index in [0.717, 1.165) is 0 Å². The van der Waals surface area contributed by atoms with Gasteiger partial charge in [0, 0.05) is 22.9 Å². The second-order valence-corrected chi connectivity index (χ2v) is 7.64. The standard InChI is InChI=1S/C19H13N3O4S/c23-18(22-24)13-9-7-12(8-10-13)17-14-4-3-11-20-19(14)27(25,26)16-6-2-1-5-15(16)21-17/h1-11,24H,(H,22,23). The van der Waals surface area contributed by atoms with Gasteiger partial charge in [-0.15, -0.1) is 0 Å². The van der Waals surface area contributed by atoms with E-state index in [2.05, 4.69) is 9.98 Å². The van der Waals surface area contributed by atoms with Gasteiger partial charge in [-0.1, -0.05) is 24.3 Å². The monoisotopic (exact) mass is 379 g/mol. The molecular weight excluding hydrogens is 366 g/mol. The van der Waals surface area contributed by atoms with Gasteiger partial charge in [0.25, 0.3) is 5.91 Å². The molecule has 0 saturated carbocycles. The third kappa shape index (κ3) is 2.80. The number of para-hydroxylation sites is 1. The van der Waals surface area contributed by atoms with Crippen molar-refractivity contribution >= 4 is 27.1 Å². The summed E-state index contributed by atoms with van der Waals surface area (Å²) in [5.74, 6) is -0.639. The summed E-state index contributed by atoms with van der Waals surface area (Å²) < 4.78 is 26.1. The highest BCUT2D eigenvalue weighted by Gasteiger charge is 2.30. The number of fused-ring (bicyclic) bond motifs is 2. The first kappa shape index (κ1) is 17.1. The SMILES string of the molecule is O=C(NO)c1ccc(C2=Nc3ccccc3S(=O)(=O)c3ncccc32)cc1. The molecule has 0 bridgehead atoms. The number of aliphatic imine (C=N–C) groups is 1. The van der Waals surface area contributed by atoms with Gasteiger partial charge >= 0.3 is 0 Å². The summed E-state index contributed by atoms with van der Waals surface area (Å²) in [6.45, 7) is 0. The zero-order valence-electron chi connectivity index (χ0n) is 13.8. The first-order valence-corrected chi connectivity index (χ1v) is 9.44. The molecule has 3 aromatic rings. The number of hydrogen-bond acceptors (Lipinski definition) is 6. The molecule has 0 fully saturated rings. The Labute approximate surface area is 154 Å². The van der Waals surface area contributed by atoms with Crippen molar-refractivity contribution in [1.29, 1.82) is 0 Å². The van der Waals surface area contributed by atoms with Gasteiger partial charge in [-0.3, -0.25) is 10.0 Å². The number of hydroxylamine groups is 1. The predicted octanol–water partition coefficient (Wildman–Crippen LogP) is 2.52. The van der Waals surface area contributed by atoms with Crippen LogP contribution in [0.15, 0.2) is 81.8 Å². The fraction of sp³-hybridized carbons (Fsp3) is 0. The van der Waals surface area contributed by atoms with Crippen LogP contribution in [0.5, 0.6) is 0 Å². The highest BCUT2D eigenvalue weighted by Crippen LogP contribution is 2.35. The molecular formula is C19H13N3O4S. The van der Waals surface area contributed by atoms with Crippen molar-refractivity contribution in [2.24, 2.45) is 4.99 Å². The first-order chi connectivity index (χ1) is 13.0. The van der Waals surface area contributed by atoms with Crippen LogP contribution in [0.1, 0.15) is 21.5 Å². The number of sulfone groups is 1. The molecule has 0 atom stereocenters. The van der Waals surface area contributed by atoms with Crippen molar-refractivity contribution in [2.45, 2.75) is 9.92 Å². The summed E-state index contributed by atoms with van der Waals surface area (Å²) in [7, 11) is -3.83. The van der Waals surface area contributed by atoms with E-state index in [0.29, 0.717) is 22.5 Å². The summed E-state index contributed by atoms with van der Waals surface area (Å²) in [4.78, 5) is 20.3. The molecule has 134 valence electrons. The van der Waals surface area contributed by atoms with Crippen LogP contribution in [0.25, 0.3) is 0 Å². The Bertz CT molecular complexity index is 1190. The minimum absolute atomic E-state index is 0.0640. The minimum Gasteiger partial charge on any atom is -0.288 e. The fourth-order valence-electron chi connectivity index (χ4n) is 2.91. The average molecular weight is 379 g/mol. The number of benzene rings is 2. The van der Waals surface area contributed by atoms with Gasteiger partial charge in [0.05, 0.1) is 16.3 Å². The molecule has 4 rings (SSSR count). The third-order valence-electron chi connectivity index (χ3n) is 4.19. The normalized spacial score (nSPS) is 14.3. The summed E-state index contributed by atoms with van der Waals surface area (Å²) in [6, 6.07) is 16.1. The lowest BCUT2D eigenvalue weighted by Crippen LogP contribution is -2.18. The van der Waals surface area contributed by atoms with E-state index in [-0.39, 0.29) is 15.5 Å². The van der Waals surface area contributed by atoms with Crippen LogP contribution in [0.3, 0.4) is 0 Å². The molecule has 1 aliphatic heterocycles. The maximum atomic E-state index is 13.1. The zero-order chi connectivity index (χ0) is 19.0. The molecule has 0 unspecified atom stereocenters. The molecule has 8 heteroatoms. The Morgan fingerprint density at radius 3 is 2.44 bits per heavy atom. The number of pyridine rings is 1. The number of aromatic nitrogens is 1. The lowest BCUT2D eigenvalue weighted by molar-refractivity contribution is 0.0706. The molecule has 0 radical (unpaired) electrons. The number of rotatable bonds is 2. The van der Waals surface area contributed by atoms with Gasteiger partial charge in [0.2, 0.25) is 9.84 Å². The molecule has 1 aromatic heterocycles. The molecule has 1 aliphatic rings. The lowest BCUT2D eigenvalue weighted by Gasteiger charge is -2.09. The smallest absolute Gasteiger partial charge is 0.274 e. The number of hydrogen-bond donors (Lipinski definition) is 2. The quantitative estimate of drug-likeness (QED) is 0.411. The van der Waals surface area contributed by atoms with Crippen molar-refractivity contribution in [3.63, 3.8) is 0 Å². The summed E-state index contributed by atoms with van der Waals surface area (Å²) >= 11 is 0. The molecule has 27 heavy (non-hydrogen) atoms. The molecule has 0 spiro atoms. The minimum atomic E-state index is -3.83. The molecule has 2 N–H and O–H groups in total. The Morgan fingerprint density at radius 1 is 0.963 bits per heavy atom. The number of carbonyl (C=O) groups excluding carboxylic acids is 1. The highest BCUT2D eigenvalue weighted by atomic mass is 32.2. The van der Waals surface area contributed by atoms with E-state index in [1.54, 1.807) is 47.9 Å². The average Bonchev–Trinajstić information content (AvgIpc) is 2.81. The van der Waals surface area contributed by atoms with Crippen LogP contribution >= 0.6 is 0 Å². The van der Waals surface area contributed by atoms with E-state index in [1.165, 1.54) is 24.4 Å². The van der Waals surface area contributed by atoms with E-state index in [4.69, 9.17) is 5.21 Å². The van der Waals surface area contributed by atoms with Crippen LogP contribution in [0, 0.1) is 0 Å². The van der Waals surface area contributed by atoms with E-state index in [1.807, 2.05) is 0 Å². The largest absolute Gasteiger partial charge is 0.288 e. The highest BCUT2D eigenvalue weighted by molar-refractivity contribution is 7.91. The Hall–Kier alpha value is -3.36. The Kier molecular flexibility index (Phi) is 4.06. The van der Waals surface area contributed by atoms with Crippen LogP contribution in [-0.4, -0.2) is 30.2 Å². The Balaban J connectivity index is 1.97. The molecule has 1 amide bonds. The summed E-state index contributed by atoms with van der Waals surface area (Å²) in [6.07, 6.45) is 1.43. The van der Waals surface area contributed by atoms with Gasteiger partial charge in [-0.2, -0.15) is 0 Å². The van der Waals surface area contributed by atoms with Crippen LogP contribution in [0.4, 0.5) is 5.69 Å². The number of amides is 1. The van der Waals surface area contributed by atoms with Crippen molar-refractivity contribution in [3.05, 3.63) is 83.6 Å². The summed E-state index contributed by atoms with van der Waals surface area (Å²) in [5.41, 5.74) is 3.58. The zero-order valence-corrected chi connectivity index (χ0v) is 14.6. The number of carbonyl (C=O) groups is 1. The predicted molar refractivity (Wildman–Crippen MR) is 97.1 cm³/mol. The number of nitrogens with zero attached hydrogens (tertiary/aromatic N) is 2. The van der Waals surface area contributed by atoms with Crippen molar-refractivity contribution < 1.29 is 18.4 Å². The van der Waals surface area contributed by atoms with Crippen molar-refractivity contribution in [1.82, 2.24) is 10.5 Å². The second-order valence-electron chi connectivity index (χ2n) is 5.81. The van der Waals surface area contributed by atoms with E-state index >= 15 is 0 Å². The van der Waals surface area contributed by atoms with Crippen LogP contribution in [0.2, 0.25) is 0 Å². The number of nitrogens with one attached hydrogen (secondary N) is 1. The van der Waals surface area contributed by atoms with Crippen molar-refractivity contribution in [2.75, 3.05) is 0 Å². The summed E-state index contributed by atoms with van der Waals surface area (Å²) in [5, 5.41) is 8.68. The van der Waals surface area contributed by atoms with Gasteiger partial charge in [0.1, 0.15) is 0 Å². The van der Waals surface area contributed by atoms with Gasteiger partial charge in [-0.25, -0.2) is 23.9 Å². The van der Waals surface area contributed by atoms with Gasteiger partial charge in [-0.05, 0) is 36.4 Å². The molecule has 0 aliphatic carbocycles. The molecule has 0 saturated heterocycles. The third-order valence-corrected chi connectivity index (χ3v) is 5.95. The Morgan fingerprint density at radius 2 is 1.70 bits per heavy atom.